The summed E-state index contributed by atoms with van der Waals surface area (Å²) in [4.78, 5) is 15.5. The molecule has 1 atom stereocenters. The summed E-state index contributed by atoms with van der Waals surface area (Å²) >= 11 is 9.40. The van der Waals surface area contributed by atoms with E-state index in [1.54, 1.807) is 37.4 Å². The summed E-state index contributed by atoms with van der Waals surface area (Å²) in [6.45, 7) is 3.60. The molecule has 0 spiro atoms. The van der Waals surface area contributed by atoms with Crippen LogP contribution in [0, 0.1) is 0 Å². The van der Waals surface area contributed by atoms with Gasteiger partial charge in [-0.05, 0) is 79.7 Å². The second kappa shape index (κ2) is 13.9. The molecule has 0 saturated heterocycles. The third-order valence-corrected chi connectivity index (χ3v) is 7.94. The molecule has 0 aliphatic carbocycles. The van der Waals surface area contributed by atoms with Crippen LogP contribution in [0.25, 0.3) is 23.1 Å². The Hall–Kier alpha value is -0.990. The smallest absolute Gasteiger partial charge is 0.550 e. The largest absolute Gasteiger partial charge is 1.00 e. The van der Waals surface area contributed by atoms with Crippen LogP contribution in [0.3, 0.4) is 0 Å². The number of nitrogens with zero attached hydrogens (tertiary/aromatic N) is 1. The zero-order valence-electron chi connectivity index (χ0n) is 19.7. The molecule has 1 N–H and O–H groups in total. The van der Waals surface area contributed by atoms with Crippen molar-refractivity contribution in [1.82, 2.24) is 4.98 Å². The summed E-state index contributed by atoms with van der Waals surface area (Å²) in [5, 5.41) is 22.6. The van der Waals surface area contributed by atoms with Crippen LogP contribution in [-0.4, -0.2) is 33.2 Å². The summed E-state index contributed by atoms with van der Waals surface area (Å²) in [6.07, 6.45) is 4.67. The van der Waals surface area contributed by atoms with Gasteiger partial charge in [0, 0.05) is 16.4 Å². The van der Waals surface area contributed by atoms with E-state index in [1.807, 2.05) is 54.6 Å². The second-order valence-electron chi connectivity index (χ2n) is 8.33. The molecular weight excluding hydrogens is 497 g/mol. The van der Waals surface area contributed by atoms with Crippen molar-refractivity contribution in [2.45, 2.75) is 36.9 Å². The van der Waals surface area contributed by atoms with Gasteiger partial charge in [-0.15, -0.1) is 23.5 Å². The van der Waals surface area contributed by atoms with Gasteiger partial charge in [0.25, 0.3) is 0 Å². The van der Waals surface area contributed by atoms with Gasteiger partial charge in [-0.25, -0.2) is 4.98 Å². The molecule has 0 amide bonds. The van der Waals surface area contributed by atoms with Gasteiger partial charge in [0.05, 0.1) is 21.4 Å². The van der Waals surface area contributed by atoms with Crippen molar-refractivity contribution in [3.63, 3.8) is 0 Å². The van der Waals surface area contributed by atoms with E-state index in [9.17, 15) is 15.0 Å². The number of rotatable bonds is 11. The van der Waals surface area contributed by atoms with Crippen molar-refractivity contribution in [2.24, 2.45) is 0 Å². The fraction of sp³-hybridized carbons (Fsp3) is 0.308. The zero-order valence-corrected chi connectivity index (χ0v) is 24.1. The molecule has 0 bridgehead atoms. The third kappa shape index (κ3) is 9.94. The first kappa shape index (κ1) is 29.2. The standard InChI is InChI=1S/C26H28ClNO3S2.Na/c1-26(2,31)13-15-33-25(32-14-12-24(29)30)20-5-3-4-18(16-20)6-10-22-11-8-19-7-9-21(27)17-23(19)28-22;/h3-11,16-17,25,31H,12-15H2,1-2H3,(H,29,30);/q;+1/p-1/b10-6+;. The number of carbonyl (C=O) groups excluding carboxylic acids is 1. The molecule has 4 nitrogen and oxygen atoms in total. The molecule has 0 fully saturated rings. The average molecular weight is 524 g/mol. The van der Waals surface area contributed by atoms with Gasteiger partial charge in [0.15, 0.2) is 0 Å². The first-order valence-corrected chi connectivity index (χ1v) is 13.2. The molecule has 1 aromatic heterocycles. The van der Waals surface area contributed by atoms with Crippen LogP contribution >= 0.6 is 35.1 Å². The fourth-order valence-electron chi connectivity index (χ4n) is 3.10. The van der Waals surface area contributed by atoms with Crippen molar-refractivity contribution < 1.29 is 44.6 Å². The van der Waals surface area contributed by atoms with Crippen molar-refractivity contribution in [1.29, 1.82) is 0 Å². The Morgan fingerprint density at radius 1 is 1.12 bits per heavy atom. The summed E-state index contributed by atoms with van der Waals surface area (Å²) < 4.78 is 0.0704. The van der Waals surface area contributed by atoms with Crippen LogP contribution in [0.1, 0.15) is 48.1 Å². The average Bonchev–Trinajstić information content (AvgIpc) is 2.75. The van der Waals surface area contributed by atoms with E-state index in [0.717, 1.165) is 33.5 Å². The third-order valence-electron chi connectivity index (χ3n) is 4.86. The molecular formula is C26H27ClNNaO3S2. The molecule has 0 aliphatic heterocycles. The van der Waals surface area contributed by atoms with Crippen LogP contribution in [0.5, 0.6) is 0 Å². The number of benzene rings is 2. The Kier molecular flexibility index (Phi) is 12.0. The molecule has 8 heteroatoms. The predicted molar refractivity (Wildman–Crippen MR) is 140 cm³/mol. The van der Waals surface area contributed by atoms with Gasteiger partial charge < -0.3 is 15.0 Å². The first-order chi connectivity index (χ1) is 15.7. The number of hydrogen-bond acceptors (Lipinski definition) is 6. The monoisotopic (exact) mass is 523 g/mol. The summed E-state index contributed by atoms with van der Waals surface area (Å²) in [6, 6.07) is 17.9. The van der Waals surface area contributed by atoms with E-state index in [0.29, 0.717) is 17.2 Å². The van der Waals surface area contributed by atoms with E-state index < -0.39 is 11.6 Å². The maximum absolute atomic E-state index is 10.9. The van der Waals surface area contributed by atoms with Crippen molar-refractivity contribution in [3.8, 4) is 0 Å². The van der Waals surface area contributed by atoms with Gasteiger partial charge in [0.1, 0.15) is 0 Å². The van der Waals surface area contributed by atoms with Crippen LogP contribution in [0.2, 0.25) is 5.02 Å². The Morgan fingerprint density at radius 3 is 2.59 bits per heavy atom. The number of halogens is 1. The molecule has 1 heterocycles. The van der Waals surface area contributed by atoms with Gasteiger partial charge in [0.2, 0.25) is 0 Å². The van der Waals surface area contributed by atoms with E-state index in [1.165, 1.54) is 0 Å². The van der Waals surface area contributed by atoms with E-state index in [2.05, 4.69) is 17.1 Å². The molecule has 2 aromatic carbocycles. The van der Waals surface area contributed by atoms with Crippen LogP contribution in [0.15, 0.2) is 54.6 Å². The number of carbonyl (C=O) groups is 1. The number of carboxylic acid groups (broad SMARTS) is 1. The van der Waals surface area contributed by atoms with Crippen molar-refractivity contribution in [2.75, 3.05) is 11.5 Å². The van der Waals surface area contributed by atoms with Crippen molar-refractivity contribution in [3.05, 3.63) is 76.4 Å². The minimum atomic E-state index is -1.04. The number of carboxylic acids is 1. The molecule has 0 saturated carbocycles. The number of aliphatic carboxylic acids is 1. The summed E-state index contributed by atoms with van der Waals surface area (Å²) in [5.74, 6) is 0.214. The Morgan fingerprint density at radius 2 is 1.85 bits per heavy atom. The molecule has 0 aliphatic rings. The number of aromatic nitrogens is 1. The Bertz CT molecular complexity index is 1130. The molecule has 34 heavy (non-hydrogen) atoms. The predicted octanol–water partition coefficient (Wildman–Crippen LogP) is 2.83. The van der Waals surface area contributed by atoms with Gasteiger partial charge in [-0.3, -0.25) is 0 Å². The molecule has 1 unspecified atom stereocenters. The quantitative estimate of drug-likeness (QED) is 0.308. The van der Waals surface area contributed by atoms with E-state index in [4.69, 9.17) is 11.6 Å². The SMILES string of the molecule is CC(C)(O)CCSC(SCCC(=O)[O-])c1cccc(/C=C/c2ccc3ccc(Cl)cc3n2)c1.[Na+]. The normalized spacial score (nSPS) is 12.6. The molecule has 174 valence electrons. The van der Waals surface area contributed by atoms with Gasteiger partial charge in [-0.1, -0.05) is 48.0 Å². The van der Waals surface area contributed by atoms with Gasteiger partial charge >= 0.3 is 29.6 Å². The van der Waals surface area contributed by atoms with Gasteiger partial charge in [-0.2, -0.15) is 0 Å². The molecule has 0 radical (unpaired) electrons. The van der Waals surface area contributed by atoms with Crippen molar-refractivity contribution >= 4 is 64.1 Å². The van der Waals surface area contributed by atoms with Crippen LogP contribution in [-0.2, 0) is 4.79 Å². The van der Waals surface area contributed by atoms with E-state index >= 15 is 0 Å². The fourth-order valence-corrected chi connectivity index (χ4v) is 6.23. The zero-order chi connectivity index (χ0) is 23.8. The minimum absolute atomic E-state index is 0. The maximum Gasteiger partial charge on any atom is 1.00 e. The summed E-state index contributed by atoms with van der Waals surface area (Å²) in [5.41, 5.74) is 3.11. The minimum Gasteiger partial charge on any atom is -0.550 e. The Balaban J connectivity index is 0.00000408. The first-order valence-electron chi connectivity index (χ1n) is 10.7. The number of thioether (sulfide) groups is 2. The van der Waals surface area contributed by atoms with Crippen LogP contribution in [0.4, 0.5) is 0 Å². The van der Waals surface area contributed by atoms with E-state index in [-0.39, 0.29) is 40.6 Å². The maximum atomic E-state index is 10.9. The summed E-state index contributed by atoms with van der Waals surface area (Å²) in [7, 11) is 0. The number of aliphatic hydroxyl groups is 1. The molecule has 3 aromatic rings. The Labute approximate surface area is 236 Å². The topological polar surface area (TPSA) is 73.2 Å². The molecule has 3 rings (SSSR count). The number of hydrogen-bond donors (Lipinski definition) is 1. The van der Waals surface area contributed by atoms with Crippen LogP contribution < -0.4 is 34.7 Å². The number of pyridine rings is 1. The number of fused-ring (bicyclic) bond motifs is 1. The second-order valence-corrected chi connectivity index (χ2v) is 11.5.